The van der Waals surface area contributed by atoms with Crippen molar-refractivity contribution in [2.45, 2.75) is 13.0 Å². The van der Waals surface area contributed by atoms with Crippen LogP contribution in [0.15, 0.2) is 24.4 Å². The maximum absolute atomic E-state index is 13.1. The second-order valence-corrected chi connectivity index (χ2v) is 4.12. The number of hydrogen-bond donors (Lipinski definition) is 1. The molecule has 0 radical (unpaired) electrons. The lowest BCUT2D eigenvalue weighted by molar-refractivity contribution is 0.623. The molecule has 0 aliphatic carbocycles. The van der Waals surface area contributed by atoms with Gasteiger partial charge in [-0.05, 0) is 41.7 Å². The highest BCUT2D eigenvalue weighted by atomic mass is 32.1. The number of aromatic nitrogens is 2. The Morgan fingerprint density at radius 3 is 2.93 bits per heavy atom. The number of aryl methyl sites for hydroxylation is 1. The van der Waals surface area contributed by atoms with Crippen molar-refractivity contribution in [3.05, 3.63) is 46.2 Å². The summed E-state index contributed by atoms with van der Waals surface area (Å²) in [5.74, 6) is -0.275. The van der Waals surface area contributed by atoms with Gasteiger partial charge in [0.05, 0.1) is 17.1 Å². The molecule has 0 fully saturated rings. The summed E-state index contributed by atoms with van der Waals surface area (Å²) in [7, 11) is 0. The van der Waals surface area contributed by atoms with E-state index in [-0.39, 0.29) is 11.9 Å². The minimum absolute atomic E-state index is 0.275. The number of hydrogen-bond acceptors (Lipinski definition) is 4. The van der Waals surface area contributed by atoms with Gasteiger partial charge in [0.2, 0.25) is 0 Å². The molecule has 1 aromatic carbocycles. The summed E-state index contributed by atoms with van der Waals surface area (Å²) in [6.45, 7) is 1.91. The first-order valence-electron chi connectivity index (χ1n) is 4.47. The fourth-order valence-corrected chi connectivity index (χ4v) is 1.93. The first kappa shape index (κ1) is 10.2. The van der Waals surface area contributed by atoms with Crippen molar-refractivity contribution < 1.29 is 4.39 Å². The van der Waals surface area contributed by atoms with E-state index in [2.05, 4.69) is 9.59 Å². The lowest BCUT2D eigenvalue weighted by Crippen LogP contribution is -2.12. The summed E-state index contributed by atoms with van der Waals surface area (Å²) in [6.07, 6.45) is 1.61. The molecule has 0 aliphatic heterocycles. The molecule has 78 valence electrons. The Morgan fingerprint density at radius 1 is 1.47 bits per heavy atom. The highest BCUT2D eigenvalue weighted by Gasteiger charge is 2.14. The van der Waals surface area contributed by atoms with Gasteiger partial charge in [0, 0.05) is 0 Å². The van der Waals surface area contributed by atoms with Crippen LogP contribution < -0.4 is 5.73 Å². The topological polar surface area (TPSA) is 51.8 Å². The van der Waals surface area contributed by atoms with Crippen LogP contribution in [-0.2, 0) is 0 Å². The SMILES string of the molecule is Cc1ccc(F)cc1C(N)c1cnns1. The van der Waals surface area contributed by atoms with Gasteiger partial charge >= 0.3 is 0 Å². The third kappa shape index (κ3) is 2.03. The van der Waals surface area contributed by atoms with E-state index < -0.39 is 0 Å². The van der Waals surface area contributed by atoms with Crippen LogP contribution in [0.3, 0.4) is 0 Å². The summed E-state index contributed by atoms with van der Waals surface area (Å²) in [4.78, 5) is 0.837. The van der Waals surface area contributed by atoms with Crippen LogP contribution in [-0.4, -0.2) is 9.59 Å². The molecule has 1 atom stereocenters. The van der Waals surface area contributed by atoms with E-state index in [1.165, 1.54) is 23.7 Å². The van der Waals surface area contributed by atoms with Gasteiger partial charge in [-0.3, -0.25) is 0 Å². The number of nitrogens with zero attached hydrogens (tertiary/aromatic N) is 2. The summed E-state index contributed by atoms with van der Waals surface area (Å²) >= 11 is 1.23. The molecule has 2 aromatic rings. The predicted molar refractivity (Wildman–Crippen MR) is 57.1 cm³/mol. The van der Waals surface area contributed by atoms with E-state index >= 15 is 0 Å². The highest BCUT2D eigenvalue weighted by molar-refractivity contribution is 7.05. The molecule has 1 aromatic heterocycles. The van der Waals surface area contributed by atoms with Gasteiger partial charge in [-0.15, -0.1) is 5.10 Å². The van der Waals surface area contributed by atoms with Gasteiger partial charge in [-0.25, -0.2) is 4.39 Å². The van der Waals surface area contributed by atoms with Crippen LogP contribution in [0.1, 0.15) is 22.0 Å². The van der Waals surface area contributed by atoms with E-state index in [4.69, 9.17) is 5.73 Å². The fourth-order valence-electron chi connectivity index (χ4n) is 1.41. The molecule has 1 unspecified atom stereocenters. The van der Waals surface area contributed by atoms with Crippen LogP contribution in [0.4, 0.5) is 4.39 Å². The van der Waals surface area contributed by atoms with E-state index in [1.54, 1.807) is 12.3 Å². The van der Waals surface area contributed by atoms with Gasteiger partial charge in [0.1, 0.15) is 5.82 Å². The molecule has 0 saturated carbocycles. The molecular weight excluding hydrogens is 213 g/mol. The fraction of sp³-hybridized carbons (Fsp3) is 0.200. The van der Waals surface area contributed by atoms with Crippen LogP contribution in [0, 0.1) is 12.7 Å². The average molecular weight is 223 g/mol. The van der Waals surface area contributed by atoms with Crippen molar-refractivity contribution in [2.24, 2.45) is 5.73 Å². The lowest BCUT2D eigenvalue weighted by atomic mass is 10.0. The van der Waals surface area contributed by atoms with Gasteiger partial charge in [0.15, 0.2) is 0 Å². The minimum Gasteiger partial charge on any atom is -0.319 e. The third-order valence-electron chi connectivity index (χ3n) is 2.26. The molecule has 0 aliphatic rings. The molecule has 0 saturated heterocycles. The highest BCUT2D eigenvalue weighted by Crippen LogP contribution is 2.24. The van der Waals surface area contributed by atoms with Crippen molar-refractivity contribution in [1.29, 1.82) is 0 Å². The molecule has 5 heteroatoms. The molecule has 2 rings (SSSR count). The Kier molecular flexibility index (Phi) is 2.75. The average Bonchev–Trinajstić information content (AvgIpc) is 2.74. The molecular formula is C10H10FN3S. The maximum atomic E-state index is 13.1. The largest absolute Gasteiger partial charge is 0.319 e. The molecule has 0 amide bonds. The smallest absolute Gasteiger partial charge is 0.123 e. The number of benzene rings is 1. The second-order valence-electron chi connectivity index (χ2n) is 3.30. The van der Waals surface area contributed by atoms with E-state index in [0.29, 0.717) is 0 Å². The zero-order chi connectivity index (χ0) is 10.8. The minimum atomic E-state index is -0.347. The van der Waals surface area contributed by atoms with Crippen molar-refractivity contribution >= 4 is 11.5 Å². The van der Waals surface area contributed by atoms with Gasteiger partial charge in [-0.1, -0.05) is 10.6 Å². The molecule has 2 N–H and O–H groups in total. The van der Waals surface area contributed by atoms with Crippen molar-refractivity contribution in [3.63, 3.8) is 0 Å². The molecule has 0 bridgehead atoms. The van der Waals surface area contributed by atoms with Gasteiger partial charge in [-0.2, -0.15) is 0 Å². The summed E-state index contributed by atoms with van der Waals surface area (Å²) in [5.41, 5.74) is 7.74. The molecule has 1 heterocycles. The monoisotopic (exact) mass is 223 g/mol. The summed E-state index contributed by atoms with van der Waals surface area (Å²) < 4.78 is 16.8. The Bertz CT molecular complexity index is 456. The number of rotatable bonds is 2. The Balaban J connectivity index is 2.41. The molecule has 3 nitrogen and oxygen atoms in total. The van der Waals surface area contributed by atoms with Gasteiger partial charge in [0.25, 0.3) is 0 Å². The number of nitrogens with two attached hydrogens (primary N) is 1. The molecule has 0 spiro atoms. The van der Waals surface area contributed by atoms with E-state index in [1.807, 2.05) is 6.92 Å². The standard InChI is InChI=1S/C10H10FN3S/c1-6-2-3-7(11)4-8(6)10(12)9-5-13-14-15-9/h2-5,10H,12H2,1H3. The first-order chi connectivity index (χ1) is 7.18. The third-order valence-corrected chi connectivity index (χ3v) is 3.01. The Hall–Kier alpha value is -1.33. The Morgan fingerprint density at radius 2 is 2.27 bits per heavy atom. The summed E-state index contributed by atoms with van der Waals surface area (Å²) in [5, 5.41) is 3.72. The van der Waals surface area contributed by atoms with Crippen LogP contribution in [0.2, 0.25) is 0 Å². The van der Waals surface area contributed by atoms with Gasteiger partial charge < -0.3 is 5.73 Å². The number of halogens is 1. The van der Waals surface area contributed by atoms with Crippen LogP contribution in [0.25, 0.3) is 0 Å². The lowest BCUT2D eigenvalue weighted by Gasteiger charge is -2.11. The maximum Gasteiger partial charge on any atom is 0.123 e. The van der Waals surface area contributed by atoms with E-state index in [9.17, 15) is 4.39 Å². The quantitative estimate of drug-likeness (QED) is 0.847. The summed E-state index contributed by atoms with van der Waals surface area (Å²) in [6, 6.07) is 4.26. The van der Waals surface area contributed by atoms with Crippen LogP contribution in [0.5, 0.6) is 0 Å². The van der Waals surface area contributed by atoms with Crippen LogP contribution >= 0.6 is 11.5 Å². The zero-order valence-electron chi connectivity index (χ0n) is 8.14. The second kappa shape index (κ2) is 4.04. The predicted octanol–water partition coefficient (Wildman–Crippen LogP) is 2.03. The first-order valence-corrected chi connectivity index (χ1v) is 5.24. The van der Waals surface area contributed by atoms with Crippen molar-refractivity contribution in [1.82, 2.24) is 9.59 Å². The Labute approximate surface area is 90.9 Å². The van der Waals surface area contributed by atoms with E-state index in [0.717, 1.165) is 16.0 Å². The van der Waals surface area contributed by atoms with Crippen molar-refractivity contribution in [2.75, 3.05) is 0 Å². The van der Waals surface area contributed by atoms with Crippen molar-refractivity contribution in [3.8, 4) is 0 Å². The zero-order valence-corrected chi connectivity index (χ0v) is 8.96. The molecule has 15 heavy (non-hydrogen) atoms. The normalized spacial score (nSPS) is 12.7.